The van der Waals surface area contributed by atoms with E-state index in [1.54, 1.807) is 0 Å². The summed E-state index contributed by atoms with van der Waals surface area (Å²) in [4.78, 5) is 6.73. The molecule has 1 aromatic rings. The second kappa shape index (κ2) is 6.12. The maximum Gasteiger partial charge on any atom is 0.0324 e. The van der Waals surface area contributed by atoms with Crippen molar-refractivity contribution in [2.45, 2.75) is 38.3 Å². The summed E-state index contributed by atoms with van der Waals surface area (Å²) in [5, 5.41) is 3.32. The van der Waals surface area contributed by atoms with Crippen molar-refractivity contribution in [1.29, 1.82) is 0 Å². The quantitative estimate of drug-likeness (QED) is 0.864. The fourth-order valence-corrected chi connectivity index (χ4v) is 2.82. The van der Waals surface area contributed by atoms with Crippen molar-refractivity contribution in [3.63, 3.8) is 0 Å². The molecule has 0 bridgehead atoms. The summed E-state index contributed by atoms with van der Waals surface area (Å²) < 4.78 is 0. The number of nitrogens with zero attached hydrogens (tertiary/aromatic N) is 2. The van der Waals surface area contributed by atoms with Crippen LogP contribution in [-0.4, -0.2) is 36.1 Å². The summed E-state index contributed by atoms with van der Waals surface area (Å²) in [7, 11) is 2.05. The van der Waals surface area contributed by atoms with Crippen molar-refractivity contribution in [3.8, 4) is 0 Å². The lowest BCUT2D eigenvalue weighted by molar-refractivity contribution is 0.103. The summed E-state index contributed by atoms with van der Waals surface area (Å²) in [6, 6.07) is 5.44. The highest BCUT2D eigenvalue weighted by atomic mass is 15.2. The highest BCUT2D eigenvalue weighted by Crippen LogP contribution is 2.27. The number of nitrogens with one attached hydrogen (secondary N) is 1. The monoisotopic (exact) mass is 233 g/mol. The zero-order valence-corrected chi connectivity index (χ0v) is 10.9. The van der Waals surface area contributed by atoms with E-state index >= 15 is 0 Å². The van der Waals surface area contributed by atoms with Crippen LogP contribution in [0.3, 0.4) is 0 Å². The molecule has 94 valence electrons. The van der Waals surface area contributed by atoms with Gasteiger partial charge in [-0.05, 0) is 51.1 Å². The van der Waals surface area contributed by atoms with E-state index in [4.69, 9.17) is 0 Å². The zero-order valence-electron chi connectivity index (χ0n) is 10.9. The van der Waals surface area contributed by atoms with Gasteiger partial charge in [0, 0.05) is 31.0 Å². The van der Waals surface area contributed by atoms with Crippen LogP contribution in [0.1, 0.15) is 37.8 Å². The van der Waals surface area contributed by atoms with Crippen molar-refractivity contribution < 1.29 is 0 Å². The minimum Gasteiger partial charge on any atom is -0.318 e. The largest absolute Gasteiger partial charge is 0.318 e. The Morgan fingerprint density at radius 1 is 1.41 bits per heavy atom. The average Bonchev–Trinajstić information content (AvgIpc) is 2.40. The molecule has 17 heavy (non-hydrogen) atoms. The van der Waals surface area contributed by atoms with E-state index in [1.807, 2.05) is 19.4 Å². The third-order valence-corrected chi connectivity index (χ3v) is 3.80. The Morgan fingerprint density at radius 2 is 2.18 bits per heavy atom. The average molecular weight is 233 g/mol. The van der Waals surface area contributed by atoms with E-state index in [0.29, 0.717) is 12.1 Å². The van der Waals surface area contributed by atoms with Gasteiger partial charge in [0.15, 0.2) is 0 Å². The number of likely N-dealkylation sites (tertiary alicyclic amines) is 1. The molecule has 2 unspecified atom stereocenters. The maximum atomic E-state index is 4.10. The SMILES string of the molecule is CNCC1CCCCN1C(C)c1ccncc1. The summed E-state index contributed by atoms with van der Waals surface area (Å²) in [6.45, 7) is 4.62. The van der Waals surface area contributed by atoms with E-state index in [0.717, 1.165) is 6.54 Å². The summed E-state index contributed by atoms with van der Waals surface area (Å²) in [6.07, 6.45) is 7.80. The van der Waals surface area contributed by atoms with Gasteiger partial charge in [0.2, 0.25) is 0 Å². The fraction of sp³-hybridized carbons (Fsp3) is 0.643. The number of aromatic nitrogens is 1. The maximum absolute atomic E-state index is 4.10. The topological polar surface area (TPSA) is 28.2 Å². The van der Waals surface area contributed by atoms with Crippen LogP contribution in [0.15, 0.2) is 24.5 Å². The van der Waals surface area contributed by atoms with Gasteiger partial charge in [0.05, 0.1) is 0 Å². The lowest BCUT2D eigenvalue weighted by atomic mass is 9.97. The number of likely N-dealkylation sites (N-methyl/N-ethyl adjacent to an activating group) is 1. The first kappa shape index (κ1) is 12.5. The first-order chi connectivity index (χ1) is 8.33. The molecule has 1 fully saturated rings. The number of hydrogen-bond acceptors (Lipinski definition) is 3. The summed E-state index contributed by atoms with van der Waals surface area (Å²) in [5.41, 5.74) is 1.38. The molecule has 2 rings (SSSR count). The van der Waals surface area contributed by atoms with Crippen molar-refractivity contribution >= 4 is 0 Å². The minimum atomic E-state index is 0.497. The molecule has 0 aliphatic carbocycles. The number of hydrogen-bond donors (Lipinski definition) is 1. The van der Waals surface area contributed by atoms with Crippen LogP contribution in [0.2, 0.25) is 0 Å². The molecule has 1 saturated heterocycles. The lowest BCUT2D eigenvalue weighted by Gasteiger charge is -2.40. The van der Waals surface area contributed by atoms with E-state index in [2.05, 4.69) is 34.3 Å². The molecule has 3 nitrogen and oxygen atoms in total. The van der Waals surface area contributed by atoms with Crippen molar-refractivity contribution in [2.24, 2.45) is 0 Å². The van der Waals surface area contributed by atoms with Crippen molar-refractivity contribution in [1.82, 2.24) is 15.2 Å². The van der Waals surface area contributed by atoms with E-state index in [9.17, 15) is 0 Å². The van der Waals surface area contributed by atoms with E-state index < -0.39 is 0 Å². The zero-order chi connectivity index (χ0) is 12.1. The molecular weight excluding hydrogens is 210 g/mol. The minimum absolute atomic E-state index is 0.497. The smallest absolute Gasteiger partial charge is 0.0324 e. The molecule has 2 atom stereocenters. The first-order valence-electron chi connectivity index (χ1n) is 6.63. The number of rotatable bonds is 4. The summed E-state index contributed by atoms with van der Waals surface area (Å²) in [5.74, 6) is 0. The molecule has 3 heteroatoms. The number of pyridine rings is 1. The Balaban J connectivity index is 2.08. The van der Waals surface area contributed by atoms with Crippen LogP contribution in [0, 0.1) is 0 Å². The Bertz CT molecular complexity index is 323. The molecule has 0 spiro atoms. The van der Waals surface area contributed by atoms with Gasteiger partial charge >= 0.3 is 0 Å². The van der Waals surface area contributed by atoms with Crippen LogP contribution in [0.25, 0.3) is 0 Å². The van der Waals surface area contributed by atoms with Gasteiger partial charge in [0.1, 0.15) is 0 Å². The highest BCUT2D eigenvalue weighted by Gasteiger charge is 2.26. The second-order valence-corrected chi connectivity index (χ2v) is 4.90. The molecule has 0 radical (unpaired) electrons. The van der Waals surface area contributed by atoms with Gasteiger partial charge in [-0.1, -0.05) is 6.42 Å². The fourth-order valence-electron chi connectivity index (χ4n) is 2.82. The van der Waals surface area contributed by atoms with E-state index in [1.165, 1.54) is 31.4 Å². The second-order valence-electron chi connectivity index (χ2n) is 4.90. The third-order valence-electron chi connectivity index (χ3n) is 3.80. The number of piperidine rings is 1. The molecule has 1 aromatic heterocycles. The Kier molecular flexibility index (Phi) is 4.51. The highest BCUT2D eigenvalue weighted by molar-refractivity contribution is 5.14. The van der Waals surface area contributed by atoms with Gasteiger partial charge in [-0.2, -0.15) is 0 Å². The molecule has 0 aromatic carbocycles. The lowest BCUT2D eigenvalue weighted by Crippen LogP contribution is -2.45. The van der Waals surface area contributed by atoms with Crippen LogP contribution in [0.4, 0.5) is 0 Å². The van der Waals surface area contributed by atoms with E-state index in [-0.39, 0.29) is 0 Å². The van der Waals surface area contributed by atoms with Crippen LogP contribution in [-0.2, 0) is 0 Å². The van der Waals surface area contributed by atoms with Gasteiger partial charge in [-0.25, -0.2) is 0 Å². The molecular formula is C14H23N3. The van der Waals surface area contributed by atoms with Gasteiger partial charge < -0.3 is 5.32 Å². The summed E-state index contributed by atoms with van der Waals surface area (Å²) >= 11 is 0. The standard InChI is InChI=1S/C14H23N3/c1-12(13-6-8-16-9-7-13)17-10-4-3-5-14(17)11-15-2/h6-9,12,14-15H,3-5,10-11H2,1-2H3. The normalized spacial score (nSPS) is 23.5. The predicted molar refractivity (Wildman–Crippen MR) is 70.9 cm³/mol. The van der Waals surface area contributed by atoms with Crippen molar-refractivity contribution in [3.05, 3.63) is 30.1 Å². The Hall–Kier alpha value is -0.930. The Morgan fingerprint density at radius 3 is 2.88 bits per heavy atom. The van der Waals surface area contributed by atoms with Gasteiger partial charge in [0.25, 0.3) is 0 Å². The van der Waals surface area contributed by atoms with Gasteiger partial charge in [-0.3, -0.25) is 9.88 Å². The molecule has 1 N–H and O–H groups in total. The van der Waals surface area contributed by atoms with Crippen LogP contribution in [0.5, 0.6) is 0 Å². The first-order valence-corrected chi connectivity index (χ1v) is 6.63. The van der Waals surface area contributed by atoms with Gasteiger partial charge in [-0.15, -0.1) is 0 Å². The molecule has 0 amide bonds. The third kappa shape index (κ3) is 3.05. The van der Waals surface area contributed by atoms with Crippen LogP contribution >= 0.6 is 0 Å². The molecule has 2 heterocycles. The molecule has 1 aliphatic rings. The Labute approximate surface area is 104 Å². The van der Waals surface area contributed by atoms with Crippen molar-refractivity contribution in [2.75, 3.05) is 20.1 Å². The predicted octanol–water partition coefficient (Wildman–Crippen LogP) is 2.22. The molecule has 1 aliphatic heterocycles. The molecule has 0 saturated carbocycles. The van der Waals surface area contributed by atoms with Crippen LogP contribution < -0.4 is 5.32 Å².